The fraction of sp³-hybridized carbons (Fsp3) is 0.391. The van der Waals surface area contributed by atoms with Gasteiger partial charge in [-0.05, 0) is 62.5 Å². The van der Waals surface area contributed by atoms with Gasteiger partial charge in [0, 0.05) is 24.6 Å². The van der Waals surface area contributed by atoms with Gasteiger partial charge >= 0.3 is 0 Å². The van der Waals surface area contributed by atoms with Gasteiger partial charge in [-0.25, -0.2) is 9.97 Å². The predicted octanol–water partition coefficient (Wildman–Crippen LogP) is 4.29. The monoisotopic (exact) mass is 501 g/mol. The van der Waals surface area contributed by atoms with Crippen molar-refractivity contribution >= 4 is 50.6 Å². The van der Waals surface area contributed by atoms with Crippen LogP contribution in [0, 0.1) is 0 Å². The van der Waals surface area contributed by atoms with E-state index in [1.54, 1.807) is 22.9 Å². The van der Waals surface area contributed by atoms with Gasteiger partial charge in [-0.1, -0.05) is 29.8 Å². The third-order valence-electron chi connectivity index (χ3n) is 5.86. The summed E-state index contributed by atoms with van der Waals surface area (Å²) in [6.07, 6.45) is 6.30. The van der Waals surface area contributed by atoms with Gasteiger partial charge in [0.1, 0.15) is 10.3 Å². The number of pyridine rings is 1. The van der Waals surface area contributed by atoms with Gasteiger partial charge in [0.05, 0.1) is 16.2 Å². The van der Waals surface area contributed by atoms with Crippen molar-refractivity contribution in [1.82, 2.24) is 23.8 Å². The maximum absolute atomic E-state index is 13.2. The first kappa shape index (κ1) is 22.6. The zero-order valence-corrected chi connectivity index (χ0v) is 20.5. The van der Waals surface area contributed by atoms with Crippen LogP contribution in [-0.4, -0.2) is 43.5 Å². The molecule has 5 rings (SSSR count). The second-order valence-corrected chi connectivity index (χ2v) is 10.5. The van der Waals surface area contributed by atoms with Crippen LogP contribution in [0.3, 0.4) is 0 Å². The Hall–Kier alpha value is -2.20. The highest BCUT2D eigenvalue weighted by Gasteiger charge is 2.15. The van der Waals surface area contributed by atoms with Crippen molar-refractivity contribution in [3.63, 3.8) is 0 Å². The van der Waals surface area contributed by atoms with E-state index in [9.17, 15) is 9.59 Å². The molecule has 1 fully saturated rings. The summed E-state index contributed by atoms with van der Waals surface area (Å²) < 4.78 is 3.92. The molecule has 1 saturated heterocycles. The number of nitrogens with zero attached hydrogens (tertiary/aromatic N) is 5. The fourth-order valence-corrected chi connectivity index (χ4v) is 6.06. The van der Waals surface area contributed by atoms with E-state index in [1.165, 1.54) is 52.8 Å². The van der Waals surface area contributed by atoms with E-state index < -0.39 is 0 Å². The summed E-state index contributed by atoms with van der Waals surface area (Å²) in [6, 6.07) is 6.84. The summed E-state index contributed by atoms with van der Waals surface area (Å²) in [6.45, 7) is 3.91. The van der Waals surface area contributed by atoms with Crippen LogP contribution in [0.25, 0.3) is 15.9 Å². The first-order chi connectivity index (χ1) is 16.1. The number of hydrogen-bond acceptors (Lipinski definition) is 7. The molecule has 0 radical (unpaired) electrons. The Morgan fingerprint density at radius 3 is 2.76 bits per heavy atom. The minimum atomic E-state index is -0.182. The molecule has 0 unspecified atom stereocenters. The van der Waals surface area contributed by atoms with Gasteiger partial charge in [0.25, 0.3) is 11.1 Å². The first-order valence-corrected chi connectivity index (χ1v) is 13.3. The summed E-state index contributed by atoms with van der Waals surface area (Å²) in [5.41, 5.74) is 1.74. The number of hydrogen-bond donors (Lipinski definition) is 0. The summed E-state index contributed by atoms with van der Waals surface area (Å²) >= 11 is 8.88. The number of fused-ring (bicyclic) bond motifs is 2. The van der Waals surface area contributed by atoms with Gasteiger partial charge in [-0.2, -0.15) is 0 Å². The minimum Gasteiger partial charge on any atom is -0.303 e. The van der Waals surface area contributed by atoms with Crippen LogP contribution in [0.2, 0.25) is 5.02 Å². The summed E-state index contributed by atoms with van der Waals surface area (Å²) in [5, 5.41) is 3.06. The van der Waals surface area contributed by atoms with Crippen LogP contribution in [0.1, 0.15) is 31.4 Å². The third kappa shape index (κ3) is 5.01. The second-order valence-electron chi connectivity index (χ2n) is 8.19. The molecule has 0 bridgehead atoms. The van der Waals surface area contributed by atoms with Crippen LogP contribution >= 0.6 is 34.7 Å². The van der Waals surface area contributed by atoms with Crippen LogP contribution in [0.5, 0.6) is 0 Å². The number of thiophene rings is 1. The molecule has 33 heavy (non-hydrogen) atoms. The molecule has 7 nitrogen and oxygen atoms in total. The van der Waals surface area contributed by atoms with Gasteiger partial charge in [0.15, 0.2) is 5.16 Å². The highest BCUT2D eigenvalue weighted by molar-refractivity contribution is 7.98. The lowest BCUT2D eigenvalue weighted by Gasteiger charge is -2.26. The van der Waals surface area contributed by atoms with E-state index >= 15 is 0 Å². The van der Waals surface area contributed by atoms with E-state index in [0.29, 0.717) is 38.5 Å². The Kier molecular flexibility index (Phi) is 6.82. The van der Waals surface area contributed by atoms with Crippen molar-refractivity contribution in [2.24, 2.45) is 0 Å². The highest BCUT2D eigenvalue weighted by Crippen LogP contribution is 2.24. The van der Waals surface area contributed by atoms with Gasteiger partial charge in [0.2, 0.25) is 0 Å². The van der Waals surface area contributed by atoms with Crippen molar-refractivity contribution < 1.29 is 0 Å². The zero-order chi connectivity index (χ0) is 22.8. The lowest BCUT2D eigenvalue weighted by molar-refractivity contribution is 0.221. The number of likely N-dealkylation sites (tertiary alicyclic amines) is 1. The molecule has 0 aromatic carbocycles. The topological polar surface area (TPSA) is 72.5 Å². The molecule has 172 valence electrons. The Morgan fingerprint density at radius 1 is 1.06 bits per heavy atom. The van der Waals surface area contributed by atoms with E-state index in [4.69, 9.17) is 16.6 Å². The molecule has 0 spiro atoms. The molecular formula is C23H24ClN5O2S2. The lowest BCUT2D eigenvalue weighted by Crippen LogP contribution is -2.32. The van der Waals surface area contributed by atoms with E-state index in [1.807, 2.05) is 11.4 Å². The summed E-state index contributed by atoms with van der Waals surface area (Å²) in [7, 11) is 0. The maximum Gasteiger partial charge on any atom is 0.272 e. The van der Waals surface area contributed by atoms with Gasteiger partial charge in [-0.15, -0.1) is 11.3 Å². The van der Waals surface area contributed by atoms with Crippen molar-refractivity contribution in [3.8, 4) is 0 Å². The molecule has 0 N–H and O–H groups in total. The quantitative estimate of drug-likeness (QED) is 0.278. The molecule has 0 saturated carbocycles. The SMILES string of the molecule is O=c1c2sccc2nc(SCc2cc(=O)n3cc(Cl)ccc3n2)n1CCCN1CCCCC1. The molecule has 4 aromatic heterocycles. The molecule has 5 heterocycles. The first-order valence-electron chi connectivity index (χ1n) is 11.1. The number of rotatable bonds is 7. The third-order valence-corrected chi connectivity index (χ3v) is 7.99. The molecule has 1 aliphatic rings. The Labute approximate surface area is 204 Å². The molecule has 4 aromatic rings. The Morgan fingerprint density at radius 2 is 1.91 bits per heavy atom. The van der Waals surface area contributed by atoms with Crippen molar-refractivity contribution in [1.29, 1.82) is 0 Å². The standard InChI is InChI=1S/C23H24ClN5O2S2/c24-16-5-6-19-25-17(13-20(30)29(19)14-16)15-33-23-26-18-7-12-32-21(18)22(31)28(23)11-4-10-27-8-2-1-3-9-27/h5-7,12-14H,1-4,8-11,15H2. The van der Waals surface area contributed by atoms with E-state index in [0.717, 1.165) is 31.6 Å². The maximum atomic E-state index is 13.2. The van der Waals surface area contributed by atoms with Gasteiger partial charge < -0.3 is 4.90 Å². The fourth-order valence-electron chi connectivity index (χ4n) is 4.20. The molecule has 1 aliphatic heterocycles. The number of thioether (sulfide) groups is 1. The number of halogens is 1. The zero-order valence-electron chi connectivity index (χ0n) is 18.1. The van der Waals surface area contributed by atoms with Crippen molar-refractivity contribution in [2.75, 3.05) is 19.6 Å². The molecule has 10 heteroatoms. The van der Waals surface area contributed by atoms with Crippen molar-refractivity contribution in [3.05, 3.63) is 67.3 Å². The second kappa shape index (κ2) is 9.97. The average molecular weight is 502 g/mol. The number of piperidine rings is 1. The minimum absolute atomic E-state index is 0.0114. The van der Waals surface area contributed by atoms with Crippen LogP contribution in [-0.2, 0) is 12.3 Å². The van der Waals surface area contributed by atoms with Crippen LogP contribution in [0.4, 0.5) is 0 Å². The Bertz CT molecular complexity index is 1410. The van der Waals surface area contributed by atoms with E-state index in [2.05, 4.69) is 9.88 Å². The van der Waals surface area contributed by atoms with E-state index in [-0.39, 0.29) is 11.1 Å². The summed E-state index contributed by atoms with van der Waals surface area (Å²) in [5.74, 6) is 0.447. The summed E-state index contributed by atoms with van der Waals surface area (Å²) in [4.78, 5) is 37.5. The molecule has 0 amide bonds. The molecular weight excluding hydrogens is 478 g/mol. The van der Waals surface area contributed by atoms with Crippen LogP contribution < -0.4 is 11.1 Å². The largest absolute Gasteiger partial charge is 0.303 e. The number of aromatic nitrogens is 4. The van der Waals surface area contributed by atoms with Crippen LogP contribution in [0.15, 0.2) is 50.6 Å². The lowest BCUT2D eigenvalue weighted by atomic mass is 10.1. The predicted molar refractivity (Wildman–Crippen MR) is 135 cm³/mol. The molecule has 0 atom stereocenters. The van der Waals surface area contributed by atoms with Gasteiger partial charge in [-0.3, -0.25) is 18.6 Å². The molecule has 0 aliphatic carbocycles. The normalized spacial score (nSPS) is 14.9. The van der Waals surface area contributed by atoms with Crippen molar-refractivity contribution in [2.45, 2.75) is 43.1 Å². The smallest absolute Gasteiger partial charge is 0.272 e. The highest BCUT2D eigenvalue weighted by atomic mass is 35.5. The average Bonchev–Trinajstić information content (AvgIpc) is 3.29. The Balaban J connectivity index is 1.38.